The van der Waals surface area contributed by atoms with E-state index in [9.17, 15) is 4.79 Å². The fourth-order valence-electron chi connectivity index (χ4n) is 4.48. The molecule has 0 fully saturated rings. The Morgan fingerprint density at radius 1 is 1.18 bits per heavy atom. The van der Waals surface area contributed by atoms with Gasteiger partial charge in [0.2, 0.25) is 0 Å². The van der Waals surface area contributed by atoms with E-state index in [0.717, 1.165) is 23.5 Å². The van der Waals surface area contributed by atoms with Crippen molar-refractivity contribution >= 4 is 28.8 Å². The largest absolute Gasteiger partial charge is 0.359 e. The summed E-state index contributed by atoms with van der Waals surface area (Å²) in [6.07, 6.45) is 1.16. The Kier molecular flexibility index (Phi) is 4.70. The average Bonchev–Trinajstić information content (AvgIpc) is 2.74. The number of ketones is 1. The van der Waals surface area contributed by atoms with Crippen LogP contribution in [0.1, 0.15) is 45.2 Å². The third-order valence-corrected chi connectivity index (χ3v) is 5.95. The molecule has 0 saturated carbocycles. The molecule has 1 atom stereocenters. The van der Waals surface area contributed by atoms with E-state index in [2.05, 4.69) is 24.1 Å². The van der Waals surface area contributed by atoms with Crippen LogP contribution in [0.4, 0.5) is 15.8 Å². The highest BCUT2D eigenvalue weighted by Gasteiger charge is 2.42. The number of hydrogen-bond acceptors (Lipinski definition) is 3. The first-order valence-corrected chi connectivity index (χ1v) is 10.0. The quantitative estimate of drug-likeness (QED) is 0.661. The predicted molar refractivity (Wildman–Crippen MR) is 112 cm³/mol. The number of allylic oxidation sites excluding steroid dienone is 1. The molecule has 1 heterocycles. The van der Waals surface area contributed by atoms with Gasteiger partial charge >= 0.3 is 0 Å². The summed E-state index contributed by atoms with van der Waals surface area (Å²) in [4.78, 5) is 15.4. The summed E-state index contributed by atoms with van der Waals surface area (Å²) >= 11 is 6.48. The number of hydrogen-bond donors (Lipinski definition) is 1. The van der Waals surface area contributed by atoms with E-state index in [1.807, 2.05) is 31.2 Å². The number of nitrogens with zero attached hydrogens (tertiary/aromatic N) is 1. The molecule has 1 unspecified atom stereocenters. The van der Waals surface area contributed by atoms with Crippen LogP contribution in [0.25, 0.3) is 0 Å². The van der Waals surface area contributed by atoms with Gasteiger partial charge in [-0.25, -0.2) is 4.39 Å². The standard InChI is InChI=1S/C23H24ClFN2O/c1-4-27-18-11-6-5-10-16(18)26-17-12-23(2,3)13-19(28)21(17)22(27)20-14(24)8-7-9-15(20)25/h5-11,22,26H,4,12-13H2,1-3H3. The number of carbonyl (C=O) groups is 1. The van der Waals surface area contributed by atoms with Crippen LogP contribution in [-0.2, 0) is 4.79 Å². The molecular formula is C23H24ClFN2O. The number of carbonyl (C=O) groups excluding carboxylic acids is 1. The number of Topliss-reactive ketones (excluding diaryl/α,β-unsaturated/α-hetero) is 1. The third kappa shape index (κ3) is 3.10. The second kappa shape index (κ2) is 6.93. The topological polar surface area (TPSA) is 32.3 Å². The first-order chi connectivity index (χ1) is 13.3. The highest BCUT2D eigenvalue weighted by molar-refractivity contribution is 6.31. The zero-order valence-electron chi connectivity index (χ0n) is 16.4. The number of nitrogens with one attached hydrogen (secondary N) is 1. The van der Waals surface area contributed by atoms with Gasteiger partial charge in [0.1, 0.15) is 5.82 Å². The van der Waals surface area contributed by atoms with Crippen molar-refractivity contribution in [2.45, 2.75) is 39.7 Å². The second-order valence-electron chi connectivity index (χ2n) is 8.30. The normalized spacial score (nSPS) is 21.0. The molecule has 2 aliphatic rings. The van der Waals surface area contributed by atoms with Crippen molar-refractivity contribution in [1.82, 2.24) is 0 Å². The van der Waals surface area contributed by atoms with Crippen LogP contribution in [0, 0.1) is 11.2 Å². The van der Waals surface area contributed by atoms with E-state index < -0.39 is 6.04 Å². The van der Waals surface area contributed by atoms with Crippen LogP contribution in [0.3, 0.4) is 0 Å². The van der Waals surface area contributed by atoms with E-state index in [4.69, 9.17) is 11.6 Å². The predicted octanol–water partition coefficient (Wildman–Crippen LogP) is 6.12. The third-order valence-electron chi connectivity index (χ3n) is 5.62. The molecule has 1 aliphatic heterocycles. The molecule has 146 valence electrons. The Hall–Kier alpha value is -2.33. The van der Waals surface area contributed by atoms with Crippen LogP contribution in [-0.4, -0.2) is 12.3 Å². The molecule has 3 nitrogen and oxygen atoms in total. The van der Waals surface area contributed by atoms with Gasteiger partial charge in [0.25, 0.3) is 0 Å². The van der Waals surface area contributed by atoms with E-state index in [1.54, 1.807) is 12.1 Å². The molecule has 1 aliphatic carbocycles. The molecule has 2 aromatic carbocycles. The minimum absolute atomic E-state index is 0.0503. The Balaban J connectivity index is 2.03. The molecule has 0 amide bonds. The van der Waals surface area contributed by atoms with Crippen LogP contribution in [0.2, 0.25) is 5.02 Å². The van der Waals surface area contributed by atoms with Crippen LogP contribution in [0.5, 0.6) is 0 Å². The van der Waals surface area contributed by atoms with Gasteiger partial charge in [0.15, 0.2) is 5.78 Å². The van der Waals surface area contributed by atoms with E-state index in [1.165, 1.54) is 6.07 Å². The Bertz CT molecular complexity index is 962. The summed E-state index contributed by atoms with van der Waals surface area (Å²) in [7, 11) is 0. The summed E-state index contributed by atoms with van der Waals surface area (Å²) < 4.78 is 15.0. The van der Waals surface area contributed by atoms with E-state index in [0.29, 0.717) is 29.1 Å². The Morgan fingerprint density at radius 2 is 1.93 bits per heavy atom. The first kappa shape index (κ1) is 19.0. The van der Waals surface area contributed by atoms with Gasteiger partial charge in [-0.1, -0.05) is 43.6 Å². The maximum absolute atomic E-state index is 15.0. The lowest BCUT2D eigenvalue weighted by Crippen LogP contribution is -2.36. The summed E-state index contributed by atoms with van der Waals surface area (Å²) in [6.45, 7) is 6.81. The van der Waals surface area contributed by atoms with Crippen LogP contribution >= 0.6 is 11.6 Å². The summed E-state index contributed by atoms with van der Waals surface area (Å²) in [5, 5.41) is 3.84. The van der Waals surface area contributed by atoms with Crippen molar-refractivity contribution in [3.05, 3.63) is 70.1 Å². The molecule has 0 bridgehead atoms. The van der Waals surface area contributed by atoms with Crippen molar-refractivity contribution in [3.8, 4) is 0 Å². The Morgan fingerprint density at radius 3 is 2.64 bits per heavy atom. The van der Waals surface area contributed by atoms with Crippen molar-refractivity contribution in [3.63, 3.8) is 0 Å². The number of halogens is 2. The van der Waals surface area contributed by atoms with Crippen molar-refractivity contribution in [1.29, 1.82) is 0 Å². The van der Waals surface area contributed by atoms with Gasteiger partial charge in [-0.15, -0.1) is 0 Å². The summed E-state index contributed by atoms with van der Waals surface area (Å²) in [5.74, 6) is -0.339. The number of benzene rings is 2. The molecule has 0 radical (unpaired) electrons. The number of likely N-dealkylation sites (N-methyl/N-ethyl adjacent to an activating group) is 1. The smallest absolute Gasteiger partial charge is 0.163 e. The molecule has 2 aromatic rings. The first-order valence-electron chi connectivity index (χ1n) is 9.65. The summed E-state index contributed by atoms with van der Waals surface area (Å²) in [5.41, 5.74) is 3.58. The van der Waals surface area contributed by atoms with Crippen molar-refractivity contribution in [2.24, 2.45) is 5.41 Å². The monoisotopic (exact) mass is 398 g/mol. The minimum Gasteiger partial charge on any atom is -0.359 e. The maximum Gasteiger partial charge on any atom is 0.163 e. The number of fused-ring (bicyclic) bond motifs is 1. The molecule has 1 N–H and O–H groups in total. The molecule has 0 saturated heterocycles. The lowest BCUT2D eigenvalue weighted by atomic mass is 9.73. The van der Waals surface area contributed by atoms with E-state index in [-0.39, 0.29) is 17.0 Å². The molecule has 0 spiro atoms. The van der Waals surface area contributed by atoms with Crippen molar-refractivity contribution < 1.29 is 9.18 Å². The highest BCUT2D eigenvalue weighted by atomic mass is 35.5. The SMILES string of the molecule is CCN1c2ccccc2NC2=C(C(=O)CC(C)(C)C2)C1c1c(F)cccc1Cl. The zero-order valence-corrected chi connectivity index (χ0v) is 17.1. The zero-order chi connectivity index (χ0) is 20.1. The van der Waals surface area contributed by atoms with Gasteiger partial charge in [-0.3, -0.25) is 4.79 Å². The van der Waals surface area contributed by atoms with E-state index >= 15 is 4.39 Å². The maximum atomic E-state index is 15.0. The van der Waals surface area contributed by atoms with Crippen molar-refractivity contribution in [2.75, 3.05) is 16.8 Å². The lowest BCUT2D eigenvalue weighted by Gasteiger charge is -2.38. The highest BCUT2D eigenvalue weighted by Crippen LogP contribution is 2.49. The minimum atomic E-state index is -0.562. The number of anilines is 2. The van der Waals surface area contributed by atoms with Crippen LogP contribution in [0.15, 0.2) is 53.7 Å². The van der Waals surface area contributed by atoms with Crippen LogP contribution < -0.4 is 10.2 Å². The van der Waals surface area contributed by atoms with Gasteiger partial charge in [-0.05, 0) is 43.0 Å². The van der Waals surface area contributed by atoms with Gasteiger partial charge < -0.3 is 10.2 Å². The fraction of sp³-hybridized carbons (Fsp3) is 0.348. The number of rotatable bonds is 2. The molecular weight excluding hydrogens is 375 g/mol. The lowest BCUT2D eigenvalue weighted by molar-refractivity contribution is -0.118. The molecule has 28 heavy (non-hydrogen) atoms. The molecule has 5 heteroatoms. The van der Waals surface area contributed by atoms with Gasteiger partial charge in [-0.2, -0.15) is 0 Å². The molecule has 0 aromatic heterocycles. The molecule has 4 rings (SSSR count). The Labute approximate surface area is 170 Å². The van der Waals surface area contributed by atoms with Gasteiger partial charge in [0.05, 0.1) is 17.4 Å². The fourth-order valence-corrected chi connectivity index (χ4v) is 4.74. The number of para-hydroxylation sites is 2. The second-order valence-corrected chi connectivity index (χ2v) is 8.71. The van der Waals surface area contributed by atoms with Gasteiger partial charge in [0, 0.05) is 34.8 Å². The summed E-state index contributed by atoms with van der Waals surface area (Å²) in [6, 6.07) is 12.1. The average molecular weight is 399 g/mol.